The molecule has 1 fully saturated rings. The van der Waals surface area contributed by atoms with Gasteiger partial charge in [-0.2, -0.15) is 22.5 Å². The number of carbonyl (C=O) groups excluding carboxylic acids is 2. The van der Waals surface area contributed by atoms with Crippen LogP contribution in [-0.2, 0) is 24.4 Å². The summed E-state index contributed by atoms with van der Waals surface area (Å²) in [6, 6.07) is 9.69. The number of hydrogen-bond acceptors (Lipinski definition) is 8. The lowest BCUT2D eigenvalue weighted by atomic mass is 10.0. The molecule has 0 bridgehead atoms. The molecule has 3 aromatic rings. The topological polar surface area (TPSA) is 136 Å². The zero-order valence-corrected chi connectivity index (χ0v) is 19.5. The second-order valence-corrected chi connectivity index (χ2v) is 9.64. The average molecular weight is 539 g/mol. The summed E-state index contributed by atoms with van der Waals surface area (Å²) in [5.41, 5.74) is 6.28. The number of anilines is 1. The molecular weight excluding hydrogens is 522 g/mol. The fourth-order valence-electron chi connectivity index (χ4n) is 3.55. The van der Waals surface area contributed by atoms with E-state index in [4.69, 9.17) is 5.73 Å². The number of aromatic nitrogens is 2. The molecule has 2 N–H and O–H groups in total. The Bertz CT molecular complexity index is 1470. The van der Waals surface area contributed by atoms with E-state index in [2.05, 4.69) is 14.8 Å². The highest BCUT2D eigenvalue weighted by Crippen LogP contribution is 2.33. The van der Waals surface area contributed by atoms with Crippen LogP contribution in [0.1, 0.15) is 0 Å². The Morgan fingerprint density at radius 3 is 2.30 bits per heavy atom. The van der Waals surface area contributed by atoms with Gasteiger partial charge in [0.1, 0.15) is 5.82 Å². The number of alkyl halides is 3. The Kier molecular flexibility index (Phi) is 6.84. The van der Waals surface area contributed by atoms with Gasteiger partial charge in [0, 0.05) is 35.6 Å². The predicted octanol–water partition coefficient (Wildman–Crippen LogP) is 2.39. The highest BCUT2D eigenvalue weighted by atomic mass is 32.2. The molecule has 1 aromatic heterocycles. The lowest BCUT2D eigenvalue weighted by molar-refractivity contribution is -0.239. The minimum absolute atomic E-state index is 0.0118. The average Bonchev–Trinajstić information content (AvgIpc) is 2.85. The van der Waals surface area contributed by atoms with Crippen molar-refractivity contribution in [1.29, 1.82) is 0 Å². The second-order valence-electron chi connectivity index (χ2n) is 7.73. The van der Waals surface area contributed by atoms with Crippen LogP contribution in [-0.4, -0.2) is 65.4 Å². The van der Waals surface area contributed by atoms with Gasteiger partial charge in [-0.3, -0.25) is 4.79 Å². The van der Waals surface area contributed by atoms with Crippen molar-refractivity contribution >= 4 is 27.8 Å². The van der Waals surface area contributed by atoms with Crippen LogP contribution in [0.5, 0.6) is 0 Å². The summed E-state index contributed by atoms with van der Waals surface area (Å²) in [5, 5.41) is 0.169. The molecule has 1 saturated heterocycles. The van der Waals surface area contributed by atoms with Gasteiger partial charge in [0.15, 0.2) is 0 Å². The van der Waals surface area contributed by atoms with Crippen LogP contribution in [0.25, 0.3) is 22.3 Å². The first-order valence-corrected chi connectivity index (χ1v) is 11.9. The Hall–Kier alpha value is -4.11. The van der Waals surface area contributed by atoms with Crippen LogP contribution in [0, 0.1) is 5.82 Å². The molecule has 1 amide bonds. The van der Waals surface area contributed by atoms with E-state index < -0.39 is 53.5 Å². The Labute approximate surface area is 207 Å². The van der Waals surface area contributed by atoms with Crippen molar-refractivity contribution < 1.29 is 40.4 Å². The highest BCUT2D eigenvalue weighted by molar-refractivity contribution is 7.89. The van der Waals surface area contributed by atoms with Crippen LogP contribution < -0.4 is 5.73 Å². The summed E-state index contributed by atoms with van der Waals surface area (Å²) in [4.78, 5) is 34.7. The quantitative estimate of drug-likeness (QED) is 0.489. The normalized spacial score (nSPS) is 15.0. The largest absolute Gasteiger partial charge is 0.493 e. The van der Waals surface area contributed by atoms with Gasteiger partial charge in [-0.25, -0.2) is 27.6 Å². The molecule has 0 spiro atoms. The predicted molar refractivity (Wildman–Crippen MR) is 120 cm³/mol. The zero-order chi connectivity index (χ0) is 27.0. The summed E-state index contributed by atoms with van der Waals surface area (Å²) < 4.78 is 79.7. The third kappa shape index (κ3) is 5.36. The fraction of sp³-hybridized carbons (Fsp3) is 0.182. The number of rotatable bonds is 5. The first kappa shape index (κ1) is 26.0. The molecule has 0 aliphatic carbocycles. The van der Waals surface area contributed by atoms with E-state index in [9.17, 15) is 35.6 Å². The molecule has 0 radical (unpaired) electrons. The Morgan fingerprint density at radius 2 is 1.68 bits per heavy atom. The van der Waals surface area contributed by atoms with Crippen LogP contribution in [0.3, 0.4) is 0 Å². The summed E-state index contributed by atoms with van der Waals surface area (Å²) in [7, 11) is -4.37. The van der Waals surface area contributed by atoms with Gasteiger partial charge in [-0.15, -0.1) is 0 Å². The lowest BCUT2D eigenvalue weighted by Gasteiger charge is -2.32. The van der Waals surface area contributed by atoms with Gasteiger partial charge in [0.25, 0.3) is 5.91 Å². The molecule has 1 aliphatic rings. The molecule has 15 heteroatoms. The van der Waals surface area contributed by atoms with E-state index >= 15 is 0 Å². The standard InChI is InChI=1S/C22H17F4N5O5S/c23-17-9-13(5-6-15(17)14-10-28-21(27)29-11-14)16-3-1-2-4-18(16)37(34,35)30-7-8-31(19(32)12-30)36-20(33)22(24,25)26/h1-6,9-11H,7-8,12H2,(H2,27,28,29). The number of hydroxylamine groups is 2. The second kappa shape index (κ2) is 9.74. The molecule has 10 nitrogen and oxygen atoms in total. The molecule has 1 aliphatic heterocycles. The number of amides is 1. The third-order valence-corrected chi connectivity index (χ3v) is 7.24. The lowest BCUT2D eigenvalue weighted by Crippen LogP contribution is -2.53. The van der Waals surface area contributed by atoms with E-state index in [0.717, 1.165) is 10.4 Å². The first-order chi connectivity index (χ1) is 17.4. The van der Waals surface area contributed by atoms with Crippen LogP contribution in [0.2, 0.25) is 0 Å². The molecular formula is C22H17F4N5O5S. The molecule has 2 heterocycles. The summed E-state index contributed by atoms with van der Waals surface area (Å²) >= 11 is 0. The van der Waals surface area contributed by atoms with Crippen molar-refractivity contribution in [3.63, 3.8) is 0 Å². The number of piperazine rings is 1. The number of nitrogens with two attached hydrogens (primary N) is 1. The smallest absolute Gasteiger partial charge is 0.368 e. The number of sulfonamides is 1. The van der Waals surface area contributed by atoms with E-state index in [1.54, 1.807) is 0 Å². The maximum Gasteiger partial charge on any atom is 0.493 e. The summed E-state index contributed by atoms with van der Waals surface area (Å²) in [5.74, 6) is -4.43. The summed E-state index contributed by atoms with van der Waals surface area (Å²) in [6.07, 6.45) is -2.66. The van der Waals surface area contributed by atoms with Gasteiger partial charge < -0.3 is 10.6 Å². The van der Waals surface area contributed by atoms with Gasteiger partial charge in [0.05, 0.1) is 18.0 Å². The van der Waals surface area contributed by atoms with Crippen molar-refractivity contribution in [1.82, 2.24) is 19.3 Å². The molecule has 194 valence electrons. The molecule has 0 unspecified atom stereocenters. The molecule has 0 saturated carbocycles. The number of carbonyl (C=O) groups is 2. The number of nitrogen functional groups attached to an aromatic ring is 1. The fourth-order valence-corrected chi connectivity index (χ4v) is 5.15. The monoisotopic (exact) mass is 539 g/mol. The van der Waals surface area contributed by atoms with Crippen molar-refractivity contribution in [3.05, 3.63) is 60.7 Å². The van der Waals surface area contributed by atoms with E-state index in [1.807, 2.05) is 0 Å². The molecule has 37 heavy (non-hydrogen) atoms. The van der Waals surface area contributed by atoms with Crippen molar-refractivity contribution in [2.75, 3.05) is 25.4 Å². The number of nitrogens with zero attached hydrogens (tertiary/aromatic N) is 4. The number of hydrogen-bond donors (Lipinski definition) is 1. The van der Waals surface area contributed by atoms with Gasteiger partial charge in [0.2, 0.25) is 16.0 Å². The van der Waals surface area contributed by atoms with E-state index in [1.165, 1.54) is 48.8 Å². The maximum atomic E-state index is 15.0. The van der Waals surface area contributed by atoms with E-state index in [-0.39, 0.29) is 32.6 Å². The van der Waals surface area contributed by atoms with E-state index in [0.29, 0.717) is 5.56 Å². The molecule has 0 atom stereocenters. The molecule has 2 aromatic carbocycles. The SMILES string of the molecule is Nc1ncc(-c2ccc(-c3ccccc3S(=O)(=O)N3CCN(OC(=O)C(F)(F)F)C(=O)C3)cc2F)cn1. The van der Waals surface area contributed by atoms with Crippen molar-refractivity contribution in [2.24, 2.45) is 0 Å². The van der Waals surface area contributed by atoms with Gasteiger partial charge >= 0.3 is 12.1 Å². The Balaban J connectivity index is 1.60. The third-order valence-electron chi connectivity index (χ3n) is 5.33. The van der Waals surface area contributed by atoms with Crippen molar-refractivity contribution in [3.8, 4) is 22.3 Å². The van der Waals surface area contributed by atoms with Crippen LogP contribution in [0.15, 0.2) is 59.8 Å². The maximum absolute atomic E-state index is 15.0. The minimum atomic E-state index is -5.33. The highest BCUT2D eigenvalue weighted by Gasteiger charge is 2.45. The van der Waals surface area contributed by atoms with Crippen molar-refractivity contribution in [2.45, 2.75) is 11.1 Å². The Morgan fingerprint density at radius 1 is 1.00 bits per heavy atom. The first-order valence-electron chi connectivity index (χ1n) is 10.4. The van der Waals surface area contributed by atoms with Gasteiger partial charge in [-0.05, 0) is 17.7 Å². The van der Waals surface area contributed by atoms with Gasteiger partial charge in [-0.1, -0.05) is 30.3 Å². The zero-order valence-electron chi connectivity index (χ0n) is 18.6. The number of benzene rings is 2. The number of halogens is 4. The minimum Gasteiger partial charge on any atom is -0.368 e. The summed E-state index contributed by atoms with van der Waals surface area (Å²) in [6.45, 7) is -1.93. The van der Waals surface area contributed by atoms with Crippen LogP contribution in [0.4, 0.5) is 23.5 Å². The van der Waals surface area contributed by atoms with Crippen LogP contribution >= 0.6 is 0 Å². The molecule has 4 rings (SSSR count).